The highest BCUT2D eigenvalue weighted by molar-refractivity contribution is 9.10. The monoisotopic (exact) mass is 346 g/mol. The molecule has 1 aromatic rings. The Morgan fingerprint density at radius 2 is 2.05 bits per heavy atom. The minimum Gasteiger partial charge on any atom is -0.352 e. The third kappa shape index (κ3) is 5.51. The molecule has 0 heterocycles. The van der Waals surface area contributed by atoms with Crippen LogP contribution in [0, 0.1) is 0 Å². The minimum absolute atomic E-state index is 0.0584. The number of halogens is 2. The van der Waals surface area contributed by atoms with E-state index in [0.29, 0.717) is 17.1 Å². The number of nitrogens with zero attached hydrogens (tertiary/aromatic N) is 1. The van der Waals surface area contributed by atoms with Crippen LogP contribution in [0.4, 0.5) is 0 Å². The van der Waals surface area contributed by atoms with E-state index in [1.165, 1.54) is 0 Å². The van der Waals surface area contributed by atoms with Gasteiger partial charge in [0.25, 0.3) is 5.91 Å². The van der Waals surface area contributed by atoms with Crippen molar-refractivity contribution in [1.29, 1.82) is 0 Å². The Balaban J connectivity index is 2.37. The average molecular weight is 348 g/mol. The maximum absolute atomic E-state index is 11.9. The van der Waals surface area contributed by atoms with Crippen LogP contribution in [0.5, 0.6) is 0 Å². The molecule has 0 unspecified atom stereocenters. The van der Waals surface area contributed by atoms with Gasteiger partial charge >= 0.3 is 0 Å². The van der Waals surface area contributed by atoms with Crippen LogP contribution in [0.25, 0.3) is 0 Å². The van der Waals surface area contributed by atoms with Gasteiger partial charge in [-0.3, -0.25) is 4.79 Å². The second kappa shape index (κ2) is 8.56. The molecule has 0 radical (unpaired) electrons. The van der Waals surface area contributed by atoms with Crippen LogP contribution >= 0.6 is 27.5 Å². The van der Waals surface area contributed by atoms with Crippen molar-refractivity contribution in [2.45, 2.75) is 20.3 Å². The molecule has 0 aliphatic heterocycles. The van der Waals surface area contributed by atoms with Gasteiger partial charge in [0.2, 0.25) is 0 Å². The molecule has 0 aliphatic carbocycles. The van der Waals surface area contributed by atoms with Gasteiger partial charge in [-0.2, -0.15) is 0 Å². The van der Waals surface area contributed by atoms with Gasteiger partial charge in [-0.25, -0.2) is 0 Å². The van der Waals surface area contributed by atoms with Crippen LogP contribution in [0.3, 0.4) is 0 Å². The molecule has 3 nitrogen and oxygen atoms in total. The maximum Gasteiger partial charge on any atom is 0.251 e. The summed E-state index contributed by atoms with van der Waals surface area (Å²) in [5, 5.41) is 3.53. The van der Waals surface area contributed by atoms with E-state index in [-0.39, 0.29) is 5.91 Å². The number of benzene rings is 1. The topological polar surface area (TPSA) is 32.3 Å². The van der Waals surface area contributed by atoms with Crippen LogP contribution in [-0.4, -0.2) is 37.0 Å². The van der Waals surface area contributed by atoms with Crippen molar-refractivity contribution in [3.8, 4) is 0 Å². The molecule has 19 heavy (non-hydrogen) atoms. The molecule has 0 fully saturated rings. The molecular formula is C14H20BrClN2O. The summed E-state index contributed by atoms with van der Waals surface area (Å²) in [5.74, 6) is -0.0584. The van der Waals surface area contributed by atoms with Crippen molar-refractivity contribution in [3.63, 3.8) is 0 Å². The van der Waals surface area contributed by atoms with E-state index >= 15 is 0 Å². The average Bonchev–Trinajstić information content (AvgIpc) is 2.42. The Labute approximate surface area is 128 Å². The third-order valence-corrected chi connectivity index (χ3v) is 4.23. The van der Waals surface area contributed by atoms with E-state index in [4.69, 9.17) is 11.6 Å². The lowest BCUT2D eigenvalue weighted by atomic mass is 10.2. The molecule has 106 valence electrons. The number of carbonyl (C=O) groups excluding carboxylic acids is 1. The Morgan fingerprint density at radius 3 is 2.63 bits per heavy atom. The molecule has 5 heteroatoms. The zero-order chi connectivity index (χ0) is 14.3. The van der Waals surface area contributed by atoms with Crippen LogP contribution in [0.15, 0.2) is 22.7 Å². The fraction of sp³-hybridized carbons (Fsp3) is 0.500. The van der Waals surface area contributed by atoms with E-state index in [2.05, 4.69) is 40.0 Å². The van der Waals surface area contributed by atoms with Gasteiger partial charge < -0.3 is 10.2 Å². The Hall–Kier alpha value is -0.580. The van der Waals surface area contributed by atoms with Crippen LogP contribution < -0.4 is 5.32 Å². The fourth-order valence-corrected chi connectivity index (χ4v) is 2.28. The summed E-state index contributed by atoms with van der Waals surface area (Å²) in [7, 11) is 0. The first-order valence-corrected chi connectivity index (χ1v) is 7.71. The standard InChI is InChI=1S/C14H20BrClN2O/c1-3-18(4-2)9-5-8-17-14(19)11-6-7-13(16)12(15)10-11/h6-7,10H,3-5,8-9H2,1-2H3,(H,17,19). The summed E-state index contributed by atoms with van der Waals surface area (Å²) < 4.78 is 0.741. The molecule has 1 amide bonds. The fourth-order valence-electron chi connectivity index (χ4n) is 1.78. The summed E-state index contributed by atoms with van der Waals surface area (Å²) in [6.07, 6.45) is 0.960. The molecule has 1 N–H and O–H groups in total. The van der Waals surface area contributed by atoms with E-state index in [1.807, 2.05) is 0 Å². The molecular weight excluding hydrogens is 328 g/mol. The van der Waals surface area contributed by atoms with Gasteiger partial charge in [-0.1, -0.05) is 25.4 Å². The quantitative estimate of drug-likeness (QED) is 0.765. The second-order valence-corrected chi connectivity index (χ2v) is 5.53. The molecule has 1 aromatic carbocycles. The normalized spacial score (nSPS) is 10.8. The van der Waals surface area contributed by atoms with Crippen molar-refractivity contribution in [2.24, 2.45) is 0 Å². The van der Waals surface area contributed by atoms with E-state index in [9.17, 15) is 4.79 Å². The number of rotatable bonds is 7. The smallest absolute Gasteiger partial charge is 0.251 e. The van der Waals surface area contributed by atoms with E-state index in [0.717, 1.165) is 30.5 Å². The number of hydrogen-bond donors (Lipinski definition) is 1. The first kappa shape index (κ1) is 16.5. The predicted octanol–water partition coefficient (Wildman–Crippen LogP) is 3.56. The molecule has 1 rings (SSSR count). The van der Waals surface area contributed by atoms with Crippen molar-refractivity contribution in [2.75, 3.05) is 26.2 Å². The molecule has 0 atom stereocenters. The Morgan fingerprint density at radius 1 is 1.37 bits per heavy atom. The Kier molecular flexibility index (Phi) is 7.42. The zero-order valence-corrected chi connectivity index (χ0v) is 13.7. The molecule has 0 saturated carbocycles. The SMILES string of the molecule is CCN(CC)CCCNC(=O)c1ccc(Cl)c(Br)c1. The molecule has 0 aromatic heterocycles. The van der Waals surface area contributed by atoms with Gasteiger partial charge in [0.1, 0.15) is 0 Å². The molecule has 0 spiro atoms. The van der Waals surface area contributed by atoms with Crippen molar-refractivity contribution in [3.05, 3.63) is 33.3 Å². The first-order chi connectivity index (χ1) is 9.08. The summed E-state index contributed by atoms with van der Waals surface area (Å²) in [6.45, 7) is 8.09. The van der Waals surface area contributed by atoms with Crippen molar-refractivity contribution in [1.82, 2.24) is 10.2 Å². The molecule has 0 bridgehead atoms. The lowest BCUT2D eigenvalue weighted by Crippen LogP contribution is -2.29. The van der Waals surface area contributed by atoms with Crippen molar-refractivity contribution < 1.29 is 4.79 Å². The van der Waals surface area contributed by atoms with Gasteiger partial charge in [0, 0.05) is 16.6 Å². The molecule has 0 saturated heterocycles. The largest absolute Gasteiger partial charge is 0.352 e. The predicted molar refractivity (Wildman–Crippen MR) is 83.9 cm³/mol. The highest BCUT2D eigenvalue weighted by Crippen LogP contribution is 2.23. The van der Waals surface area contributed by atoms with Crippen LogP contribution in [0.2, 0.25) is 5.02 Å². The van der Waals surface area contributed by atoms with Gasteiger partial charge in [0.05, 0.1) is 5.02 Å². The third-order valence-electron chi connectivity index (χ3n) is 3.01. The summed E-state index contributed by atoms with van der Waals surface area (Å²) in [4.78, 5) is 14.2. The number of nitrogens with one attached hydrogen (secondary N) is 1. The molecule has 0 aliphatic rings. The van der Waals surface area contributed by atoms with Crippen LogP contribution in [0.1, 0.15) is 30.6 Å². The summed E-state index contributed by atoms with van der Waals surface area (Å²) in [6, 6.07) is 5.19. The second-order valence-electron chi connectivity index (χ2n) is 4.27. The van der Waals surface area contributed by atoms with Gasteiger partial charge in [-0.15, -0.1) is 0 Å². The lowest BCUT2D eigenvalue weighted by molar-refractivity contribution is 0.0952. The summed E-state index contributed by atoms with van der Waals surface area (Å²) in [5.41, 5.74) is 0.624. The number of carbonyl (C=O) groups is 1. The highest BCUT2D eigenvalue weighted by atomic mass is 79.9. The number of amides is 1. The number of hydrogen-bond acceptors (Lipinski definition) is 2. The van der Waals surface area contributed by atoms with Crippen molar-refractivity contribution >= 4 is 33.4 Å². The lowest BCUT2D eigenvalue weighted by Gasteiger charge is -2.17. The van der Waals surface area contributed by atoms with E-state index in [1.54, 1.807) is 18.2 Å². The minimum atomic E-state index is -0.0584. The van der Waals surface area contributed by atoms with E-state index < -0.39 is 0 Å². The Bertz CT molecular complexity index is 422. The first-order valence-electron chi connectivity index (χ1n) is 6.54. The van der Waals surface area contributed by atoms with Gasteiger partial charge in [0.15, 0.2) is 0 Å². The van der Waals surface area contributed by atoms with Crippen LogP contribution in [-0.2, 0) is 0 Å². The highest BCUT2D eigenvalue weighted by Gasteiger charge is 2.07. The van der Waals surface area contributed by atoms with Gasteiger partial charge in [-0.05, 0) is 60.2 Å². The maximum atomic E-state index is 11.9. The zero-order valence-electron chi connectivity index (χ0n) is 11.4. The summed E-state index contributed by atoms with van der Waals surface area (Å²) >= 11 is 9.21.